The fourth-order valence-corrected chi connectivity index (χ4v) is 2.24. The van der Waals surface area contributed by atoms with Crippen molar-refractivity contribution >= 4 is 0 Å². The highest BCUT2D eigenvalue weighted by molar-refractivity contribution is 5.28. The average Bonchev–Trinajstić information content (AvgIpc) is 2.88. The highest BCUT2D eigenvalue weighted by Crippen LogP contribution is 2.14. The number of benzene rings is 2. The minimum atomic E-state index is 0.881. The van der Waals surface area contributed by atoms with Crippen LogP contribution in [0.5, 0.6) is 0 Å². The van der Waals surface area contributed by atoms with Gasteiger partial charge in [0, 0.05) is 18.5 Å². The summed E-state index contributed by atoms with van der Waals surface area (Å²) >= 11 is 0. The monoisotopic (exact) mass is 248 g/mol. The Hall–Kier alpha value is -2.35. The van der Waals surface area contributed by atoms with E-state index >= 15 is 0 Å². The molecule has 1 aromatic heterocycles. The highest BCUT2D eigenvalue weighted by atomic mass is 14.9. The molecule has 0 atom stereocenters. The lowest BCUT2D eigenvalue weighted by Gasteiger charge is -2.03. The van der Waals surface area contributed by atoms with Crippen molar-refractivity contribution in [2.45, 2.75) is 12.8 Å². The quantitative estimate of drug-likeness (QED) is 0.751. The van der Waals surface area contributed by atoms with Gasteiger partial charge in [-0.25, -0.2) is 4.98 Å². The normalized spacial score (nSPS) is 10.5. The number of hydrogen-bond donors (Lipinski definition) is 1. The zero-order valence-electron chi connectivity index (χ0n) is 10.7. The average molecular weight is 248 g/mol. The molecular weight excluding hydrogens is 232 g/mol. The van der Waals surface area contributed by atoms with Gasteiger partial charge in [-0.1, -0.05) is 60.7 Å². The molecule has 0 spiro atoms. The van der Waals surface area contributed by atoms with Crippen LogP contribution in [-0.4, -0.2) is 9.97 Å². The van der Waals surface area contributed by atoms with E-state index in [0.717, 1.165) is 18.5 Å². The molecule has 94 valence electrons. The van der Waals surface area contributed by atoms with E-state index in [2.05, 4.69) is 58.5 Å². The van der Waals surface area contributed by atoms with Crippen molar-refractivity contribution in [3.05, 3.63) is 89.5 Å². The van der Waals surface area contributed by atoms with E-state index in [1.807, 2.05) is 12.1 Å². The summed E-state index contributed by atoms with van der Waals surface area (Å²) < 4.78 is 0. The lowest BCUT2D eigenvalue weighted by molar-refractivity contribution is 1.03. The van der Waals surface area contributed by atoms with Crippen molar-refractivity contribution < 1.29 is 0 Å². The summed E-state index contributed by atoms with van der Waals surface area (Å²) in [6, 6.07) is 20.9. The van der Waals surface area contributed by atoms with Crippen molar-refractivity contribution in [2.24, 2.45) is 0 Å². The van der Waals surface area contributed by atoms with Crippen molar-refractivity contribution in [2.75, 3.05) is 0 Å². The van der Waals surface area contributed by atoms with Crippen LogP contribution >= 0.6 is 0 Å². The Bertz CT molecular complexity index is 571. The van der Waals surface area contributed by atoms with Gasteiger partial charge < -0.3 is 4.98 Å². The Kier molecular flexibility index (Phi) is 3.41. The van der Waals surface area contributed by atoms with Crippen LogP contribution in [0.4, 0.5) is 0 Å². The molecule has 0 unspecified atom stereocenters. The Labute approximate surface area is 113 Å². The minimum Gasteiger partial charge on any atom is -0.348 e. The van der Waals surface area contributed by atoms with Crippen molar-refractivity contribution in [3.8, 4) is 0 Å². The Morgan fingerprint density at radius 2 is 1.32 bits per heavy atom. The number of rotatable bonds is 4. The fourth-order valence-electron chi connectivity index (χ4n) is 2.24. The number of nitrogens with one attached hydrogen (secondary N) is 1. The maximum absolute atomic E-state index is 4.45. The molecule has 0 saturated carbocycles. The van der Waals surface area contributed by atoms with Gasteiger partial charge in [-0.3, -0.25) is 0 Å². The second-order valence-electron chi connectivity index (χ2n) is 4.65. The third-order valence-electron chi connectivity index (χ3n) is 3.25. The Morgan fingerprint density at radius 3 is 1.95 bits per heavy atom. The van der Waals surface area contributed by atoms with Gasteiger partial charge in [0.1, 0.15) is 0 Å². The van der Waals surface area contributed by atoms with Gasteiger partial charge in [-0.05, 0) is 11.1 Å². The van der Waals surface area contributed by atoms with Crippen LogP contribution in [0, 0.1) is 0 Å². The molecular formula is C17H16N2. The van der Waals surface area contributed by atoms with E-state index in [4.69, 9.17) is 0 Å². The summed E-state index contributed by atoms with van der Waals surface area (Å²) in [5, 5.41) is 0. The standard InChI is InChI=1S/C17H16N2/c1-3-7-14(8-4-1)11-16-17(19-13-18-16)12-15-9-5-2-6-10-15/h1-10,13H,11-12H2,(H,18,19). The molecule has 0 radical (unpaired) electrons. The van der Waals surface area contributed by atoms with Gasteiger partial charge >= 0.3 is 0 Å². The molecule has 2 aromatic carbocycles. The van der Waals surface area contributed by atoms with Gasteiger partial charge in [0.05, 0.1) is 12.0 Å². The van der Waals surface area contributed by atoms with Crippen LogP contribution in [0.2, 0.25) is 0 Å². The molecule has 2 nitrogen and oxygen atoms in total. The smallest absolute Gasteiger partial charge is 0.0925 e. The van der Waals surface area contributed by atoms with Crippen LogP contribution in [0.1, 0.15) is 22.5 Å². The first kappa shape index (κ1) is 11.7. The predicted octanol–water partition coefficient (Wildman–Crippen LogP) is 3.59. The minimum absolute atomic E-state index is 0.881. The number of aromatic nitrogens is 2. The molecule has 0 amide bonds. The molecule has 2 heteroatoms. The van der Waals surface area contributed by atoms with Gasteiger partial charge in [-0.15, -0.1) is 0 Å². The first-order valence-corrected chi connectivity index (χ1v) is 6.51. The number of nitrogens with zero attached hydrogens (tertiary/aromatic N) is 1. The van der Waals surface area contributed by atoms with E-state index in [1.165, 1.54) is 16.8 Å². The van der Waals surface area contributed by atoms with Gasteiger partial charge in [0.25, 0.3) is 0 Å². The molecule has 0 fully saturated rings. The fraction of sp³-hybridized carbons (Fsp3) is 0.118. The van der Waals surface area contributed by atoms with Crippen molar-refractivity contribution in [3.63, 3.8) is 0 Å². The van der Waals surface area contributed by atoms with Crippen LogP contribution < -0.4 is 0 Å². The maximum atomic E-state index is 4.45. The van der Waals surface area contributed by atoms with Crippen LogP contribution in [0.15, 0.2) is 67.0 Å². The lowest BCUT2D eigenvalue weighted by Crippen LogP contribution is -1.96. The summed E-state index contributed by atoms with van der Waals surface area (Å²) in [6.07, 6.45) is 3.58. The Balaban J connectivity index is 1.79. The Morgan fingerprint density at radius 1 is 0.737 bits per heavy atom. The van der Waals surface area contributed by atoms with E-state index in [9.17, 15) is 0 Å². The molecule has 0 bridgehead atoms. The molecule has 0 aliphatic heterocycles. The molecule has 0 saturated heterocycles. The molecule has 19 heavy (non-hydrogen) atoms. The molecule has 0 aliphatic carbocycles. The zero-order valence-corrected chi connectivity index (χ0v) is 10.7. The predicted molar refractivity (Wildman–Crippen MR) is 77.1 cm³/mol. The van der Waals surface area contributed by atoms with E-state index < -0.39 is 0 Å². The second kappa shape index (κ2) is 5.53. The molecule has 3 aromatic rings. The topological polar surface area (TPSA) is 28.7 Å². The van der Waals surface area contributed by atoms with Crippen LogP contribution in [0.25, 0.3) is 0 Å². The third-order valence-corrected chi connectivity index (χ3v) is 3.25. The number of hydrogen-bond acceptors (Lipinski definition) is 1. The van der Waals surface area contributed by atoms with Gasteiger partial charge in [-0.2, -0.15) is 0 Å². The highest BCUT2D eigenvalue weighted by Gasteiger charge is 2.07. The largest absolute Gasteiger partial charge is 0.348 e. The maximum Gasteiger partial charge on any atom is 0.0925 e. The van der Waals surface area contributed by atoms with E-state index in [0.29, 0.717) is 0 Å². The van der Waals surface area contributed by atoms with Gasteiger partial charge in [0.2, 0.25) is 0 Å². The van der Waals surface area contributed by atoms with Crippen molar-refractivity contribution in [1.29, 1.82) is 0 Å². The van der Waals surface area contributed by atoms with Crippen molar-refractivity contribution in [1.82, 2.24) is 9.97 Å². The van der Waals surface area contributed by atoms with Crippen LogP contribution in [-0.2, 0) is 12.8 Å². The first-order valence-electron chi connectivity index (χ1n) is 6.51. The third kappa shape index (κ3) is 2.91. The second-order valence-corrected chi connectivity index (χ2v) is 4.65. The lowest BCUT2D eigenvalue weighted by atomic mass is 10.0. The SMILES string of the molecule is c1ccc(Cc2nc[nH]c2Cc2ccccc2)cc1. The zero-order chi connectivity index (χ0) is 12.9. The summed E-state index contributed by atoms with van der Waals surface area (Å²) in [7, 11) is 0. The first-order chi connectivity index (χ1) is 9.42. The van der Waals surface area contributed by atoms with E-state index in [1.54, 1.807) is 6.33 Å². The number of aromatic amines is 1. The molecule has 1 heterocycles. The number of imidazole rings is 1. The summed E-state index contributed by atoms with van der Waals surface area (Å²) in [6.45, 7) is 0. The summed E-state index contributed by atoms with van der Waals surface area (Å²) in [5.41, 5.74) is 4.94. The van der Waals surface area contributed by atoms with Gasteiger partial charge in [0.15, 0.2) is 0 Å². The van der Waals surface area contributed by atoms with Crippen LogP contribution in [0.3, 0.4) is 0 Å². The molecule has 1 N–H and O–H groups in total. The summed E-state index contributed by atoms with van der Waals surface area (Å²) in [5.74, 6) is 0. The summed E-state index contributed by atoms with van der Waals surface area (Å²) in [4.78, 5) is 7.72. The molecule has 3 rings (SSSR count). The molecule has 0 aliphatic rings. The number of H-pyrrole nitrogens is 1. The van der Waals surface area contributed by atoms with E-state index in [-0.39, 0.29) is 0 Å².